The van der Waals surface area contributed by atoms with Crippen molar-refractivity contribution in [2.24, 2.45) is 0 Å². The Hall–Kier alpha value is -2.82. The fraction of sp³-hybridized carbons (Fsp3) is 0.263. The SMILES string of the molecule is CNC(=O)c1ccc(CNc2ccc3c(c2)CNC(=O)CC3)cc1. The second-order valence-electron chi connectivity index (χ2n) is 5.89. The summed E-state index contributed by atoms with van der Waals surface area (Å²) in [5.41, 5.74) is 5.18. The first-order chi connectivity index (χ1) is 11.7. The van der Waals surface area contributed by atoms with Crippen molar-refractivity contribution in [3.8, 4) is 0 Å². The molecular weight excluding hydrogens is 302 g/mol. The first-order valence-electron chi connectivity index (χ1n) is 8.09. The molecule has 0 bridgehead atoms. The Morgan fingerprint density at radius 2 is 1.88 bits per heavy atom. The smallest absolute Gasteiger partial charge is 0.251 e. The van der Waals surface area contributed by atoms with Crippen LogP contribution in [0.2, 0.25) is 0 Å². The Kier molecular flexibility index (Phi) is 4.79. The number of aryl methyl sites for hydroxylation is 1. The molecule has 1 aliphatic heterocycles. The molecule has 0 radical (unpaired) electrons. The lowest BCUT2D eigenvalue weighted by molar-refractivity contribution is -0.121. The third kappa shape index (κ3) is 3.74. The van der Waals surface area contributed by atoms with Gasteiger partial charge in [0.25, 0.3) is 5.91 Å². The van der Waals surface area contributed by atoms with E-state index < -0.39 is 0 Å². The van der Waals surface area contributed by atoms with Crippen LogP contribution in [0, 0.1) is 0 Å². The average Bonchev–Trinajstić information content (AvgIpc) is 2.81. The zero-order valence-electron chi connectivity index (χ0n) is 13.7. The summed E-state index contributed by atoms with van der Waals surface area (Å²) in [7, 11) is 1.62. The fourth-order valence-electron chi connectivity index (χ4n) is 2.80. The molecule has 0 aliphatic carbocycles. The number of hydrogen-bond acceptors (Lipinski definition) is 3. The highest BCUT2D eigenvalue weighted by atomic mass is 16.2. The maximum atomic E-state index is 11.5. The molecule has 3 N–H and O–H groups in total. The Balaban J connectivity index is 1.65. The van der Waals surface area contributed by atoms with E-state index in [0.717, 1.165) is 17.7 Å². The predicted octanol–water partition coefficient (Wildman–Crippen LogP) is 2.22. The molecule has 1 heterocycles. The number of carbonyl (C=O) groups excluding carboxylic acids is 2. The summed E-state index contributed by atoms with van der Waals surface area (Å²) in [5.74, 6) is 0.0271. The molecule has 0 saturated carbocycles. The van der Waals surface area contributed by atoms with Crippen LogP contribution in [0.15, 0.2) is 42.5 Å². The van der Waals surface area contributed by atoms with E-state index in [4.69, 9.17) is 0 Å². The number of carbonyl (C=O) groups is 2. The van der Waals surface area contributed by atoms with Crippen LogP contribution in [-0.4, -0.2) is 18.9 Å². The molecular formula is C19H21N3O2. The molecule has 0 spiro atoms. The lowest BCUT2D eigenvalue weighted by Crippen LogP contribution is -2.20. The summed E-state index contributed by atoms with van der Waals surface area (Å²) >= 11 is 0. The molecule has 0 saturated heterocycles. The van der Waals surface area contributed by atoms with Gasteiger partial charge < -0.3 is 16.0 Å². The number of fused-ring (bicyclic) bond motifs is 1. The van der Waals surface area contributed by atoms with Crippen LogP contribution in [-0.2, 0) is 24.3 Å². The lowest BCUT2D eigenvalue weighted by Gasteiger charge is -2.11. The van der Waals surface area contributed by atoms with Gasteiger partial charge in [-0.1, -0.05) is 18.2 Å². The van der Waals surface area contributed by atoms with Gasteiger partial charge in [0.15, 0.2) is 0 Å². The van der Waals surface area contributed by atoms with Crippen molar-refractivity contribution in [2.75, 3.05) is 12.4 Å². The van der Waals surface area contributed by atoms with Crippen molar-refractivity contribution in [3.63, 3.8) is 0 Å². The fourth-order valence-corrected chi connectivity index (χ4v) is 2.80. The van der Waals surface area contributed by atoms with Crippen molar-refractivity contribution < 1.29 is 9.59 Å². The highest BCUT2D eigenvalue weighted by molar-refractivity contribution is 5.93. The maximum absolute atomic E-state index is 11.5. The lowest BCUT2D eigenvalue weighted by atomic mass is 10.0. The van der Waals surface area contributed by atoms with Crippen LogP contribution in [0.1, 0.15) is 33.5 Å². The topological polar surface area (TPSA) is 70.2 Å². The zero-order chi connectivity index (χ0) is 16.9. The molecule has 0 aromatic heterocycles. The van der Waals surface area contributed by atoms with Crippen LogP contribution in [0.25, 0.3) is 0 Å². The average molecular weight is 323 g/mol. The molecule has 0 unspecified atom stereocenters. The number of benzene rings is 2. The van der Waals surface area contributed by atoms with Crippen LogP contribution >= 0.6 is 0 Å². The van der Waals surface area contributed by atoms with E-state index in [0.29, 0.717) is 25.1 Å². The van der Waals surface area contributed by atoms with Gasteiger partial charge in [-0.2, -0.15) is 0 Å². The quantitative estimate of drug-likeness (QED) is 0.808. The van der Waals surface area contributed by atoms with Gasteiger partial charge in [-0.15, -0.1) is 0 Å². The first kappa shape index (κ1) is 16.1. The third-order valence-electron chi connectivity index (χ3n) is 4.24. The van der Waals surface area contributed by atoms with Crippen molar-refractivity contribution in [1.29, 1.82) is 0 Å². The molecule has 5 nitrogen and oxygen atoms in total. The molecule has 0 atom stereocenters. The molecule has 0 fully saturated rings. The highest BCUT2D eigenvalue weighted by Gasteiger charge is 2.12. The minimum Gasteiger partial charge on any atom is -0.381 e. The van der Waals surface area contributed by atoms with E-state index in [2.05, 4.69) is 28.1 Å². The Labute approximate surface area is 141 Å². The minimum atomic E-state index is -0.0812. The summed E-state index contributed by atoms with van der Waals surface area (Å²) in [4.78, 5) is 23.0. The van der Waals surface area contributed by atoms with Crippen LogP contribution in [0.3, 0.4) is 0 Å². The molecule has 2 amide bonds. The van der Waals surface area contributed by atoms with Gasteiger partial charge >= 0.3 is 0 Å². The zero-order valence-corrected chi connectivity index (χ0v) is 13.7. The van der Waals surface area contributed by atoms with Gasteiger partial charge in [0.1, 0.15) is 0 Å². The van der Waals surface area contributed by atoms with E-state index in [1.807, 2.05) is 30.3 Å². The number of anilines is 1. The molecule has 3 rings (SSSR count). The minimum absolute atomic E-state index is 0.0812. The normalized spacial score (nSPS) is 13.5. The molecule has 2 aromatic carbocycles. The van der Waals surface area contributed by atoms with Crippen molar-refractivity contribution in [2.45, 2.75) is 25.9 Å². The van der Waals surface area contributed by atoms with Crippen LogP contribution in [0.5, 0.6) is 0 Å². The largest absolute Gasteiger partial charge is 0.381 e. The van der Waals surface area contributed by atoms with Gasteiger partial charge in [0.2, 0.25) is 5.91 Å². The number of amides is 2. The second-order valence-corrected chi connectivity index (χ2v) is 5.89. The summed E-state index contributed by atoms with van der Waals surface area (Å²) in [6.07, 6.45) is 1.35. The summed E-state index contributed by atoms with van der Waals surface area (Å²) in [6, 6.07) is 13.8. The second kappa shape index (κ2) is 7.17. The first-order valence-corrected chi connectivity index (χ1v) is 8.09. The number of nitrogens with one attached hydrogen (secondary N) is 3. The molecule has 1 aliphatic rings. The molecule has 124 valence electrons. The van der Waals surface area contributed by atoms with Crippen molar-refractivity contribution in [3.05, 3.63) is 64.7 Å². The third-order valence-corrected chi connectivity index (χ3v) is 4.24. The maximum Gasteiger partial charge on any atom is 0.251 e. The van der Waals surface area contributed by atoms with Crippen LogP contribution in [0.4, 0.5) is 5.69 Å². The van der Waals surface area contributed by atoms with Gasteiger partial charge in [-0.3, -0.25) is 9.59 Å². The monoisotopic (exact) mass is 323 g/mol. The Morgan fingerprint density at radius 3 is 2.62 bits per heavy atom. The molecule has 2 aromatic rings. The van der Waals surface area contributed by atoms with Gasteiger partial charge in [-0.05, 0) is 47.4 Å². The molecule has 5 heteroatoms. The molecule has 24 heavy (non-hydrogen) atoms. The highest BCUT2D eigenvalue weighted by Crippen LogP contribution is 2.20. The van der Waals surface area contributed by atoms with E-state index in [1.54, 1.807) is 7.05 Å². The van der Waals surface area contributed by atoms with Crippen molar-refractivity contribution >= 4 is 17.5 Å². The van der Waals surface area contributed by atoms with E-state index in [9.17, 15) is 9.59 Å². The van der Waals surface area contributed by atoms with Gasteiger partial charge in [-0.25, -0.2) is 0 Å². The Morgan fingerprint density at radius 1 is 1.08 bits per heavy atom. The summed E-state index contributed by atoms with van der Waals surface area (Å²) in [6.45, 7) is 1.27. The number of hydrogen-bond donors (Lipinski definition) is 3. The van der Waals surface area contributed by atoms with Gasteiger partial charge in [0, 0.05) is 37.8 Å². The van der Waals surface area contributed by atoms with Gasteiger partial charge in [0.05, 0.1) is 0 Å². The van der Waals surface area contributed by atoms with Crippen molar-refractivity contribution in [1.82, 2.24) is 10.6 Å². The summed E-state index contributed by atoms with van der Waals surface area (Å²) < 4.78 is 0. The predicted molar refractivity (Wildman–Crippen MR) is 93.8 cm³/mol. The number of rotatable bonds is 4. The summed E-state index contributed by atoms with van der Waals surface area (Å²) in [5, 5.41) is 8.92. The van der Waals surface area contributed by atoms with Crippen LogP contribution < -0.4 is 16.0 Å². The van der Waals surface area contributed by atoms with E-state index in [-0.39, 0.29) is 11.8 Å². The van der Waals surface area contributed by atoms with E-state index in [1.165, 1.54) is 11.1 Å². The Bertz CT molecular complexity index is 754. The standard InChI is InChI=1S/C19H21N3O2/c1-20-19(24)15-4-2-13(3-5-15)11-21-17-8-6-14-7-9-18(23)22-12-16(14)10-17/h2-6,8,10,21H,7,9,11-12H2,1H3,(H,20,24)(H,22,23). The van der Waals surface area contributed by atoms with E-state index >= 15 is 0 Å².